The van der Waals surface area contributed by atoms with Crippen LogP contribution in [0.4, 0.5) is 29.8 Å². The number of hydrogen-bond acceptors (Lipinski definition) is 7. The van der Waals surface area contributed by atoms with Crippen LogP contribution in [0.1, 0.15) is 16.8 Å². The molecule has 3 heterocycles. The fourth-order valence-corrected chi connectivity index (χ4v) is 4.00. The van der Waals surface area contributed by atoms with E-state index in [-0.39, 0.29) is 0 Å². The number of halogens is 3. The van der Waals surface area contributed by atoms with E-state index in [0.29, 0.717) is 18.9 Å². The summed E-state index contributed by atoms with van der Waals surface area (Å²) in [4.78, 5) is 12.6. The van der Waals surface area contributed by atoms with E-state index in [1.165, 1.54) is 17.4 Å². The molecular weight excluding hydrogens is 425 g/mol. The molecule has 4 rings (SSSR count). The van der Waals surface area contributed by atoms with E-state index in [0.717, 1.165) is 47.4 Å². The topological polar surface area (TPSA) is 56.7 Å². The van der Waals surface area contributed by atoms with Gasteiger partial charge in [0.1, 0.15) is 5.82 Å². The van der Waals surface area contributed by atoms with Crippen LogP contribution in [-0.4, -0.2) is 42.4 Å². The molecule has 31 heavy (non-hydrogen) atoms. The molecule has 0 amide bonds. The van der Waals surface area contributed by atoms with Crippen LogP contribution in [0.2, 0.25) is 0 Å². The zero-order valence-electron chi connectivity index (χ0n) is 16.8. The molecule has 0 unspecified atom stereocenters. The molecule has 1 N–H and O–H groups in total. The predicted molar refractivity (Wildman–Crippen MR) is 118 cm³/mol. The Labute approximate surface area is 182 Å². The van der Waals surface area contributed by atoms with Gasteiger partial charge in [-0.05, 0) is 25.1 Å². The number of nitrogens with one attached hydrogen (secondary N) is 1. The summed E-state index contributed by atoms with van der Waals surface area (Å²) in [6.45, 7) is 4.72. The van der Waals surface area contributed by atoms with Gasteiger partial charge in [-0.25, -0.2) is 9.97 Å². The van der Waals surface area contributed by atoms with Crippen LogP contribution in [0.15, 0.2) is 53.1 Å². The van der Waals surface area contributed by atoms with Gasteiger partial charge in [0.25, 0.3) is 0 Å². The highest BCUT2D eigenvalue weighted by molar-refractivity contribution is 7.13. The molecule has 0 spiro atoms. The minimum absolute atomic E-state index is 0.561. The van der Waals surface area contributed by atoms with Gasteiger partial charge in [-0.15, -0.1) is 11.3 Å². The highest BCUT2D eigenvalue weighted by Crippen LogP contribution is 2.30. The Balaban J connectivity index is 1.40. The van der Waals surface area contributed by atoms with Crippen molar-refractivity contribution in [2.24, 2.45) is 5.10 Å². The molecule has 1 aliphatic heterocycles. The lowest BCUT2D eigenvalue weighted by Crippen LogP contribution is -2.47. The Morgan fingerprint density at radius 3 is 2.45 bits per heavy atom. The fourth-order valence-electron chi connectivity index (χ4n) is 3.36. The van der Waals surface area contributed by atoms with E-state index in [4.69, 9.17) is 0 Å². The number of nitrogens with zero attached hydrogens (tertiary/aromatic N) is 5. The van der Waals surface area contributed by atoms with Crippen molar-refractivity contribution in [2.45, 2.75) is 13.1 Å². The van der Waals surface area contributed by atoms with Crippen LogP contribution in [0.5, 0.6) is 0 Å². The predicted octanol–water partition coefficient (Wildman–Crippen LogP) is 4.64. The van der Waals surface area contributed by atoms with Gasteiger partial charge in [-0.1, -0.05) is 18.2 Å². The number of hydrogen-bond donors (Lipinski definition) is 1. The maximum atomic E-state index is 12.7. The van der Waals surface area contributed by atoms with Crippen LogP contribution in [0, 0.1) is 6.92 Å². The number of anilines is 3. The highest BCUT2D eigenvalue weighted by atomic mass is 32.1. The van der Waals surface area contributed by atoms with Crippen molar-refractivity contribution in [3.63, 3.8) is 0 Å². The van der Waals surface area contributed by atoms with Crippen molar-refractivity contribution in [3.05, 3.63) is 64.8 Å². The lowest BCUT2D eigenvalue weighted by molar-refractivity contribution is -0.137. The molecule has 3 aromatic rings. The molecule has 1 aromatic carbocycles. The number of hydrazone groups is 1. The van der Waals surface area contributed by atoms with Crippen molar-refractivity contribution in [2.75, 3.05) is 41.4 Å². The molecule has 0 aliphatic carbocycles. The van der Waals surface area contributed by atoms with E-state index in [9.17, 15) is 13.2 Å². The van der Waals surface area contributed by atoms with Gasteiger partial charge in [0, 0.05) is 49.0 Å². The van der Waals surface area contributed by atoms with Crippen molar-refractivity contribution in [3.8, 4) is 0 Å². The SMILES string of the molecule is Cc1csc(NN=Cc2ccccc2N2CCN(c3ccc(C(F)(F)F)cn3)CC2)n1. The molecular formula is C21H21F3N6S. The zero-order valence-corrected chi connectivity index (χ0v) is 17.6. The van der Waals surface area contributed by atoms with E-state index < -0.39 is 11.7 Å². The molecule has 6 nitrogen and oxygen atoms in total. The van der Waals surface area contributed by atoms with E-state index in [2.05, 4.69) is 25.4 Å². The summed E-state index contributed by atoms with van der Waals surface area (Å²) in [5, 5.41) is 7.00. The first kappa shape index (κ1) is 21.1. The second kappa shape index (κ2) is 8.93. The molecule has 2 aromatic heterocycles. The Morgan fingerprint density at radius 1 is 1.06 bits per heavy atom. The molecule has 0 bridgehead atoms. The third-order valence-electron chi connectivity index (χ3n) is 4.94. The summed E-state index contributed by atoms with van der Waals surface area (Å²) < 4.78 is 38.2. The minimum Gasteiger partial charge on any atom is -0.367 e. The first-order valence-electron chi connectivity index (χ1n) is 9.73. The quantitative estimate of drug-likeness (QED) is 0.457. The fraction of sp³-hybridized carbons (Fsp3) is 0.286. The molecule has 10 heteroatoms. The second-order valence-corrected chi connectivity index (χ2v) is 7.96. The number of benzene rings is 1. The van der Waals surface area contributed by atoms with Crippen molar-refractivity contribution >= 4 is 34.2 Å². The van der Waals surface area contributed by atoms with Crippen molar-refractivity contribution in [1.29, 1.82) is 0 Å². The molecule has 0 radical (unpaired) electrons. The average molecular weight is 447 g/mol. The minimum atomic E-state index is -4.37. The van der Waals surface area contributed by atoms with E-state index >= 15 is 0 Å². The molecule has 0 saturated carbocycles. The third-order valence-corrected chi connectivity index (χ3v) is 5.80. The van der Waals surface area contributed by atoms with Gasteiger partial charge in [0.2, 0.25) is 5.13 Å². The number of piperazine rings is 1. The maximum Gasteiger partial charge on any atom is 0.417 e. The second-order valence-electron chi connectivity index (χ2n) is 7.10. The van der Waals surface area contributed by atoms with Gasteiger partial charge in [-0.3, -0.25) is 5.43 Å². The van der Waals surface area contributed by atoms with Gasteiger partial charge in [0.15, 0.2) is 0 Å². The number of aryl methyl sites for hydroxylation is 1. The van der Waals surface area contributed by atoms with Crippen molar-refractivity contribution < 1.29 is 13.2 Å². The summed E-state index contributed by atoms with van der Waals surface area (Å²) in [6.07, 6.45) is -1.71. The van der Waals surface area contributed by atoms with Crippen LogP contribution in [0.25, 0.3) is 0 Å². The summed E-state index contributed by atoms with van der Waals surface area (Å²) in [5.74, 6) is 0.561. The maximum absolute atomic E-state index is 12.7. The number of para-hydroxylation sites is 1. The third kappa shape index (κ3) is 5.13. The highest BCUT2D eigenvalue weighted by Gasteiger charge is 2.31. The first-order valence-corrected chi connectivity index (χ1v) is 10.6. The number of alkyl halides is 3. The number of aromatic nitrogens is 2. The molecule has 1 saturated heterocycles. The van der Waals surface area contributed by atoms with Crippen LogP contribution < -0.4 is 15.2 Å². The number of pyridine rings is 1. The average Bonchev–Trinajstić information content (AvgIpc) is 3.19. The molecule has 1 fully saturated rings. The van der Waals surface area contributed by atoms with Gasteiger partial charge in [-0.2, -0.15) is 18.3 Å². The smallest absolute Gasteiger partial charge is 0.367 e. The number of rotatable bonds is 5. The lowest BCUT2D eigenvalue weighted by atomic mass is 10.1. The summed E-state index contributed by atoms with van der Waals surface area (Å²) in [6, 6.07) is 10.5. The Hall–Kier alpha value is -3.14. The summed E-state index contributed by atoms with van der Waals surface area (Å²) >= 11 is 1.50. The van der Waals surface area contributed by atoms with Crippen LogP contribution in [0.3, 0.4) is 0 Å². The van der Waals surface area contributed by atoms with Gasteiger partial charge in [0.05, 0.1) is 17.5 Å². The van der Waals surface area contributed by atoms with Crippen LogP contribution >= 0.6 is 11.3 Å². The lowest BCUT2D eigenvalue weighted by Gasteiger charge is -2.37. The van der Waals surface area contributed by atoms with E-state index in [1.807, 2.05) is 41.5 Å². The summed E-state index contributed by atoms with van der Waals surface area (Å²) in [7, 11) is 0. The number of thiazole rings is 1. The molecule has 162 valence electrons. The standard InChI is InChI=1S/C21H21F3N6S/c1-15-14-31-20(27-15)28-26-12-16-4-2-3-5-18(16)29-8-10-30(11-9-29)19-7-6-17(13-25-19)21(22,23)24/h2-7,12-14H,8-11H2,1H3,(H,27,28). The summed E-state index contributed by atoms with van der Waals surface area (Å²) in [5.41, 5.74) is 5.20. The monoisotopic (exact) mass is 446 g/mol. The van der Waals surface area contributed by atoms with Crippen LogP contribution in [-0.2, 0) is 6.18 Å². The molecule has 0 atom stereocenters. The van der Waals surface area contributed by atoms with Gasteiger partial charge < -0.3 is 9.80 Å². The largest absolute Gasteiger partial charge is 0.417 e. The Morgan fingerprint density at radius 2 is 1.81 bits per heavy atom. The zero-order chi connectivity index (χ0) is 21.8. The first-order chi connectivity index (χ1) is 14.9. The molecule has 1 aliphatic rings. The van der Waals surface area contributed by atoms with E-state index in [1.54, 1.807) is 6.21 Å². The normalized spacial score (nSPS) is 15.0. The van der Waals surface area contributed by atoms with Crippen molar-refractivity contribution in [1.82, 2.24) is 9.97 Å². The Bertz CT molecular complexity index is 1040. The van der Waals surface area contributed by atoms with Gasteiger partial charge >= 0.3 is 6.18 Å². The Kier molecular flexibility index (Phi) is 6.08.